The number of carbonyl (C=O) groups excluding carboxylic acids is 3. The van der Waals surface area contributed by atoms with Gasteiger partial charge in [-0.05, 0) is 42.5 Å². The summed E-state index contributed by atoms with van der Waals surface area (Å²) in [5, 5.41) is 2.68. The van der Waals surface area contributed by atoms with Gasteiger partial charge >= 0.3 is 0 Å². The first-order valence-corrected chi connectivity index (χ1v) is 8.83. The van der Waals surface area contributed by atoms with Crippen LogP contribution in [0.15, 0.2) is 24.3 Å². The number of anilines is 2. The van der Waals surface area contributed by atoms with Gasteiger partial charge in [0, 0.05) is 25.7 Å². The van der Waals surface area contributed by atoms with E-state index in [0.29, 0.717) is 23.2 Å². The van der Waals surface area contributed by atoms with Crippen molar-refractivity contribution in [2.24, 2.45) is 11.8 Å². The van der Waals surface area contributed by atoms with Crippen LogP contribution in [0.1, 0.15) is 33.6 Å². The van der Waals surface area contributed by atoms with Gasteiger partial charge in [0.1, 0.15) is 0 Å². The Kier molecular flexibility index (Phi) is 4.90. The van der Waals surface area contributed by atoms with Gasteiger partial charge in [0.2, 0.25) is 11.8 Å². The third kappa shape index (κ3) is 3.74. The highest BCUT2D eigenvalue weighted by atomic mass is 16.2. The van der Waals surface area contributed by atoms with E-state index in [0.717, 1.165) is 13.1 Å². The Morgan fingerprint density at radius 2 is 1.68 bits per heavy atom. The Morgan fingerprint density at radius 1 is 1.08 bits per heavy atom. The molecule has 2 heterocycles. The molecule has 0 spiro atoms. The number of likely N-dealkylation sites (tertiary alicyclic amines) is 1. The molecule has 0 radical (unpaired) electrons. The zero-order chi connectivity index (χ0) is 18.1. The average Bonchev–Trinajstić information content (AvgIpc) is 2.82. The lowest BCUT2D eigenvalue weighted by Crippen LogP contribution is -2.48. The first-order chi connectivity index (χ1) is 11.8. The number of amides is 3. The quantitative estimate of drug-likeness (QED) is 0.855. The van der Waals surface area contributed by atoms with Crippen LogP contribution in [0.2, 0.25) is 0 Å². The van der Waals surface area contributed by atoms with E-state index in [9.17, 15) is 14.4 Å². The number of hydrogen-bond donors (Lipinski definition) is 1. The summed E-state index contributed by atoms with van der Waals surface area (Å²) in [5.74, 6) is 0.622. The summed E-state index contributed by atoms with van der Waals surface area (Å²) in [6.07, 6.45) is 1.41. The molecule has 3 atom stereocenters. The minimum absolute atomic E-state index is 0.140. The van der Waals surface area contributed by atoms with Crippen LogP contribution in [-0.4, -0.2) is 41.8 Å². The van der Waals surface area contributed by atoms with Crippen molar-refractivity contribution in [2.45, 2.75) is 39.7 Å². The maximum Gasteiger partial charge on any atom is 0.251 e. The standard InChI is InChI=1S/C19H25N3O3/c1-12-8-13(2)11-21(10-12)17-9-18(24)22(19(17)25)16-6-4-15(5-7-16)20-14(3)23/h4-7,12-13,17H,8-11H2,1-3H3,(H,20,23)/t12-,13-,17+/m1/s1. The number of piperidine rings is 1. The van der Waals surface area contributed by atoms with Crippen molar-refractivity contribution in [1.29, 1.82) is 0 Å². The van der Waals surface area contributed by atoms with Gasteiger partial charge in [-0.3, -0.25) is 19.3 Å². The van der Waals surface area contributed by atoms with Crippen LogP contribution < -0.4 is 10.2 Å². The molecule has 6 heteroatoms. The molecule has 134 valence electrons. The molecule has 2 aliphatic heterocycles. The smallest absolute Gasteiger partial charge is 0.251 e. The van der Waals surface area contributed by atoms with Gasteiger partial charge in [0.15, 0.2) is 0 Å². The number of carbonyl (C=O) groups is 3. The maximum atomic E-state index is 12.9. The summed E-state index contributed by atoms with van der Waals surface area (Å²) in [6.45, 7) is 7.56. The molecule has 6 nitrogen and oxygen atoms in total. The number of nitrogens with one attached hydrogen (secondary N) is 1. The van der Waals surface area contributed by atoms with Crippen LogP contribution in [0, 0.1) is 11.8 Å². The fourth-order valence-electron chi connectivity index (χ4n) is 4.04. The Morgan fingerprint density at radius 3 is 2.24 bits per heavy atom. The second-order valence-corrected chi connectivity index (χ2v) is 7.42. The van der Waals surface area contributed by atoms with Gasteiger partial charge in [-0.1, -0.05) is 13.8 Å². The largest absolute Gasteiger partial charge is 0.326 e. The third-order valence-corrected chi connectivity index (χ3v) is 4.91. The van der Waals surface area contributed by atoms with E-state index in [1.807, 2.05) is 0 Å². The van der Waals surface area contributed by atoms with E-state index in [2.05, 4.69) is 24.1 Å². The predicted octanol–water partition coefficient (Wildman–Crippen LogP) is 2.25. The number of hydrogen-bond acceptors (Lipinski definition) is 4. The summed E-state index contributed by atoms with van der Waals surface area (Å²) in [7, 11) is 0. The van der Waals surface area contributed by atoms with Crippen molar-refractivity contribution >= 4 is 29.1 Å². The Balaban J connectivity index is 1.76. The molecule has 2 fully saturated rings. The molecule has 1 aromatic rings. The molecular weight excluding hydrogens is 318 g/mol. The van der Waals surface area contributed by atoms with Crippen molar-refractivity contribution in [3.05, 3.63) is 24.3 Å². The van der Waals surface area contributed by atoms with Gasteiger partial charge in [-0.15, -0.1) is 0 Å². The first kappa shape index (κ1) is 17.6. The lowest BCUT2D eigenvalue weighted by molar-refractivity contribution is -0.123. The molecule has 0 aromatic heterocycles. The van der Waals surface area contributed by atoms with Gasteiger partial charge < -0.3 is 5.32 Å². The number of imide groups is 1. The fourth-order valence-corrected chi connectivity index (χ4v) is 4.04. The predicted molar refractivity (Wildman–Crippen MR) is 96.2 cm³/mol. The summed E-state index contributed by atoms with van der Waals surface area (Å²) in [6, 6.07) is 6.45. The van der Waals surface area contributed by atoms with Crippen LogP contribution in [0.3, 0.4) is 0 Å². The zero-order valence-corrected chi connectivity index (χ0v) is 15.0. The molecule has 3 amide bonds. The molecule has 0 aliphatic carbocycles. The molecule has 0 unspecified atom stereocenters. The van der Waals surface area contributed by atoms with E-state index < -0.39 is 0 Å². The minimum atomic E-state index is -0.354. The van der Waals surface area contributed by atoms with Crippen LogP contribution in [0.25, 0.3) is 0 Å². The summed E-state index contributed by atoms with van der Waals surface area (Å²) < 4.78 is 0. The first-order valence-electron chi connectivity index (χ1n) is 8.83. The van der Waals surface area contributed by atoms with Crippen LogP contribution in [-0.2, 0) is 14.4 Å². The molecule has 0 saturated carbocycles. The highest BCUT2D eigenvalue weighted by molar-refractivity contribution is 6.22. The third-order valence-electron chi connectivity index (χ3n) is 4.91. The van der Waals surface area contributed by atoms with Crippen LogP contribution in [0.4, 0.5) is 11.4 Å². The fraction of sp³-hybridized carbons (Fsp3) is 0.526. The summed E-state index contributed by atoms with van der Waals surface area (Å²) >= 11 is 0. The van der Waals surface area contributed by atoms with Gasteiger partial charge in [-0.25, -0.2) is 4.90 Å². The van der Waals surface area contributed by atoms with Gasteiger partial charge in [0.25, 0.3) is 5.91 Å². The lowest BCUT2D eigenvalue weighted by Gasteiger charge is -2.37. The topological polar surface area (TPSA) is 69.7 Å². The minimum Gasteiger partial charge on any atom is -0.326 e. The Hall–Kier alpha value is -2.21. The van der Waals surface area contributed by atoms with E-state index in [1.54, 1.807) is 24.3 Å². The highest BCUT2D eigenvalue weighted by Crippen LogP contribution is 2.30. The molecule has 1 aromatic carbocycles. The Labute approximate surface area is 148 Å². The number of nitrogens with zero attached hydrogens (tertiary/aromatic N) is 2. The van der Waals surface area contributed by atoms with Crippen LogP contribution in [0.5, 0.6) is 0 Å². The zero-order valence-electron chi connectivity index (χ0n) is 15.0. The average molecular weight is 343 g/mol. The van der Waals surface area contributed by atoms with Crippen molar-refractivity contribution in [1.82, 2.24) is 4.90 Å². The van der Waals surface area contributed by atoms with E-state index >= 15 is 0 Å². The molecular formula is C19H25N3O3. The molecule has 0 bridgehead atoms. The lowest BCUT2D eigenvalue weighted by atomic mass is 9.90. The molecule has 2 aliphatic rings. The van der Waals surface area contributed by atoms with E-state index in [4.69, 9.17) is 0 Å². The van der Waals surface area contributed by atoms with E-state index in [-0.39, 0.29) is 30.2 Å². The van der Waals surface area contributed by atoms with E-state index in [1.165, 1.54) is 18.2 Å². The van der Waals surface area contributed by atoms with Crippen molar-refractivity contribution in [3.8, 4) is 0 Å². The van der Waals surface area contributed by atoms with Crippen molar-refractivity contribution in [3.63, 3.8) is 0 Å². The molecule has 2 saturated heterocycles. The number of benzene rings is 1. The van der Waals surface area contributed by atoms with Gasteiger partial charge in [-0.2, -0.15) is 0 Å². The molecule has 3 rings (SSSR count). The molecule has 25 heavy (non-hydrogen) atoms. The van der Waals surface area contributed by atoms with Crippen molar-refractivity contribution in [2.75, 3.05) is 23.3 Å². The second-order valence-electron chi connectivity index (χ2n) is 7.42. The summed E-state index contributed by atoms with van der Waals surface area (Å²) in [4.78, 5) is 39.9. The normalized spacial score (nSPS) is 27.6. The Bertz CT molecular complexity index is 676. The summed E-state index contributed by atoms with van der Waals surface area (Å²) in [5.41, 5.74) is 1.20. The van der Waals surface area contributed by atoms with Crippen LogP contribution >= 0.6 is 0 Å². The van der Waals surface area contributed by atoms with Gasteiger partial charge in [0.05, 0.1) is 18.2 Å². The SMILES string of the molecule is CC(=O)Nc1ccc(N2C(=O)C[C@H](N3C[C@H](C)C[C@@H](C)C3)C2=O)cc1. The number of rotatable bonds is 3. The second kappa shape index (κ2) is 6.96. The van der Waals surface area contributed by atoms with Crippen molar-refractivity contribution < 1.29 is 14.4 Å². The monoisotopic (exact) mass is 343 g/mol. The highest BCUT2D eigenvalue weighted by Gasteiger charge is 2.44. The maximum absolute atomic E-state index is 12.9. The molecule has 1 N–H and O–H groups in total.